The second-order valence-corrected chi connectivity index (χ2v) is 5.61. The lowest BCUT2D eigenvalue weighted by Crippen LogP contribution is -2.26. The lowest BCUT2D eigenvalue weighted by atomic mass is 9.94. The maximum atomic E-state index is 4.42. The van der Waals surface area contributed by atoms with E-state index in [2.05, 4.69) is 47.7 Å². The van der Waals surface area contributed by atoms with Crippen LogP contribution in [0.25, 0.3) is 10.8 Å². The van der Waals surface area contributed by atoms with E-state index in [-0.39, 0.29) is 0 Å². The minimum absolute atomic E-state index is 0.674. The number of hydrogen-bond acceptors (Lipinski definition) is 2. The number of aromatic nitrogens is 1. The molecule has 2 heteroatoms. The fourth-order valence-electron chi connectivity index (χ4n) is 3.26. The largest absolute Gasteiger partial charge is 0.314 e. The molecule has 1 aliphatic carbocycles. The summed E-state index contributed by atoms with van der Waals surface area (Å²) in [5.74, 6) is 0.674. The number of nitrogens with zero attached hydrogens (tertiary/aromatic N) is 1. The zero-order chi connectivity index (χ0) is 13.1. The van der Waals surface area contributed by atoms with Gasteiger partial charge in [-0.3, -0.25) is 4.98 Å². The summed E-state index contributed by atoms with van der Waals surface area (Å²) in [6, 6.07) is 9.32. The Hall–Kier alpha value is -1.41. The predicted octanol–water partition coefficient (Wildman–Crippen LogP) is 3.87. The van der Waals surface area contributed by atoms with Crippen molar-refractivity contribution < 1.29 is 0 Å². The third-order valence-corrected chi connectivity index (χ3v) is 4.25. The summed E-state index contributed by atoms with van der Waals surface area (Å²) in [6.45, 7) is 3.37. The summed E-state index contributed by atoms with van der Waals surface area (Å²) in [4.78, 5) is 4.42. The van der Waals surface area contributed by atoms with Crippen LogP contribution >= 0.6 is 0 Å². The highest BCUT2D eigenvalue weighted by Crippen LogP contribution is 2.37. The van der Waals surface area contributed by atoms with Gasteiger partial charge >= 0.3 is 0 Å². The molecule has 2 atom stereocenters. The first-order valence-electron chi connectivity index (χ1n) is 7.44. The van der Waals surface area contributed by atoms with Crippen LogP contribution in [0.15, 0.2) is 36.7 Å². The quantitative estimate of drug-likeness (QED) is 0.896. The molecule has 1 fully saturated rings. The summed E-state index contributed by atoms with van der Waals surface area (Å²) >= 11 is 0. The molecule has 1 aliphatic rings. The third kappa shape index (κ3) is 2.64. The lowest BCUT2D eigenvalue weighted by Gasteiger charge is -2.14. The number of pyridine rings is 1. The molecule has 1 saturated carbocycles. The predicted molar refractivity (Wildman–Crippen MR) is 80.4 cm³/mol. The van der Waals surface area contributed by atoms with Gasteiger partial charge in [0.15, 0.2) is 0 Å². The summed E-state index contributed by atoms with van der Waals surface area (Å²) in [7, 11) is 0. The zero-order valence-corrected chi connectivity index (χ0v) is 11.6. The second kappa shape index (κ2) is 5.70. The van der Waals surface area contributed by atoms with E-state index >= 15 is 0 Å². The summed E-state index contributed by atoms with van der Waals surface area (Å²) < 4.78 is 0. The molecule has 0 spiro atoms. The molecular formula is C17H22N2. The molecule has 2 unspecified atom stereocenters. The first-order chi connectivity index (χ1) is 9.38. The van der Waals surface area contributed by atoms with Crippen LogP contribution in [-0.2, 0) is 0 Å². The standard InChI is InChI=1S/C17H22N2/c1-2-9-19-15-8-7-13(10-15)17-12-18-11-14-5-3-4-6-16(14)17/h3-6,11-13,15,19H,2,7-10H2,1H3. The number of nitrogens with one attached hydrogen (secondary N) is 1. The number of benzene rings is 1. The molecule has 19 heavy (non-hydrogen) atoms. The third-order valence-electron chi connectivity index (χ3n) is 4.25. The highest BCUT2D eigenvalue weighted by atomic mass is 14.9. The van der Waals surface area contributed by atoms with Gasteiger partial charge in [-0.2, -0.15) is 0 Å². The average molecular weight is 254 g/mol. The van der Waals surface area contributed by atoms with Gasteiger partial charge in [-0.15, -0.1) is 0 Å². The SMILES string of the molecule is CCCNC1CCC(c2cncc3ccccc23)C1. The zero-order valence-electron chi connectivity index (χ0n) is 11.6. The van der Waals surface area contributed by atoms with E-state index in [1.54, 1.807) is 0 Å². The Morgan fingerprint density at radius 2 is 2.11 bits per heavy atom. The molecule has 2 aromatic rings. The molecule has 0 amide bonds. The fraction of sp³-hybridized carbons (Fsp3) is 0.471. The van der Waals surface area contributed by atoms with Gasteiger partial charge in [0.2, 0.25) is 0 Å². The normalized spacial score (nSPS) is 23.0. The van der Waals surface area contributed by atoms with Crippen molar-refractivity contribution >= 4 is 10.8 Å². The monoisotopic (exact) mass is 254 g/mol. The van der Waals surface area contributed by atoms with Crippen molar-refractivity contribution in [1.82, 2.24) is 10.3 Å². The first-order valence-corrected chi connectivity index (χ1v) is 7.44. The smallest absolute Gasteiger partial charge is 0.0346 e. The summed E-state index contributed by atoms with van der Waals surface area (Å²) in [6.07, 6.45) is 9.12. The van der Waals surface area contributed by atoms with Crippen molar-refractivity contribution in [2.45, 2.75) is 44.6 Å². The van der Waals surface area contributed by atoms with Crippen LogP contribution in [0.1, 0.15) is 44.1 Å². The fourth-order valence-corrected chi connectivity index (χ4v) is 3.26. The Balaban J connectivity index is 1.82. The van der Waals surface area contributed by atoms with Crippen molar-refractivity contribution in [3.8, 4) is 0 Å². The number of fused-ring (bicyclic) bond motifs is 1. The van der Waals surface area contributed by atoms with Crippen LogP contribution in [-0.4, -0.2) is 17.6 Å². The highest BCUT2D eigenvalue weighted by Gasteiger charge is 2.26. The van der Waals surface area contributed by atoms with Crippen molar-refractivity contribution in [2.75, 3.05) is 6.54 Å². The minimum atomic E-state index is 0.674. The van der Waals surface area contributed by atoms with Gasteiger partial charge in [0.25, 0.3) is 0 Å². The molecule has 1 N–H and O–H groups in total. The van der Waals surface area contributed by atoms with E-state index in [0.29, 0.717) is 12.0 Å². The van der Waals surface area contributed by atoms with Crippen LogP contribution in [0.2, 0.25) is 0 Å². The molecule has 1 aromatic heterocycles. The Morgan fingerprint density at radius 3 is 3.00 bits per heavy atom. The molecule has 0 saturated heterocycles. The van der Waals surface area contributed by atoms with E-state index in [1.807, 2.05) is 6.20 Å². The minimum Gasteiger partial charge on any atom is -0.314 e. The van der Waals surface area contributed by atoms with Crippen molar-refractivity contribution in [3.63, 3.8) is 0 Å². The number of rotatable bonds is 4. The molecule has 1 aromatic carbocycles. The van der Waals surface area contributed by atoms with Gasteiger partial charge in [-0.25, -0.2) is 0 Å². The Bertz CT molecular complexity index is 544. The van der Waals surface area contributed by atoms with Crippen LogP contribution in [0.3, 0.4) is 0 Å². The van der Waals surface area contributed by atoms with Crippen molar-refractivity contribution in [2.24, 2.45) is 0 Å². The van der Waals surface area contributed by atoms with Crippen molar-refractivity contribution in [1.29, 1.82) is 0 Å². The van der Waals surface area contributed by atoms with E-state index in [0.717, 1.165) is 6.54 Å². The summed E-state index contributed by atoms with van der Waals surface area (Å²) in [5.41, 5.74) is 1.44. The van der Waals surface area contributed by atoms with Gasteiger partial charge in [-0.1, -0.05) is 31.2 Å². The maximum absolute atomic E-state index is 4.42. The molecule has 3 rings (SSSR count). The van der Waals surface area contributed by atoms with Gasteiger partial charge in [0, 0.05) is 23.8 Å². The molecule has 2 nitrogen and oxygen atoms in total. The van der Waals surface area contributed by atoms with E-state index in [9.17, 15) is 0 Å². The number of hydrogen-bond donors (Lipinski definition) is 1. The second-order valence-electron chi connectivity index (χ2n) is 5.61. The Morgan fingerprint density at radius 1 is 1.21 bits per heavy atom. The van der Waals surface area contributed by atoms with Gasteiger partial charge in [0.05, 0.1) is 0 Å². The Kier molecular flexibility index (Phi) is 3.79. The molecule has 1 heterocycles. The molecule has 100 valence electrons. The van der Waals surface area contributed by atoms with E-state index in [1.165, 1.54) is 42.0 Å². The van der Waals surface area contributed by atoms with Crippen LogP contribution in [0.5, 0.6) is 0 Å². The highest BCUT2D eigenvalue weighted by molar-refractivity contribution is 5.85. The molecule has 0 aliphatic heterocycles. The first kappa shape index (κ1) is 12.6. The van der Waals surface area contributed by atoms with E-state index in [4.69, 9.17) is 0 Å². The van der Waals surface area contributed by atoms with Crippen LogP contribution in [0.4, 0.5) is 0 Å². The van der Waals surface area contributed by atoms with Crippen molar-refractivity contribution in [3.05, 3.63) is 42.2 Å². The van der Waals surface area contributed by atoms with Gasteiger partial charge in [0.1, 0.15) is 0 Å². The van der Waals surface area contributed by atoms with Gasteiger partial charge < -0.3 is 5.32 Å². The summed E-state index contributed by atoms with van der Waals surface area (Å²) in [5, 5.41) is 6.31. The van der Waals surface area contributed by atoms with Crippen LogP contribution in [0, 0.1) is 0 Å². The van der Waals surface area contributed by atoms with E-state index < -0.39 is 0 Å². The average Bonchev–Trinajstić information content (AvgIpc) is 2.93. The maximum Gasteiger partial charge on any atom is 0.0346 e. The molecule has 0 bridgehead atoms. The lowest BCUT2D eigenvalue weighted by molar-refractivity contribution is 0.517. The topological polar surface area (TPSA) is 24.9 Å². The van der Waals surface area contributed by atoms with Gasteiger partial charge in [-0.05, 0) is 49.1 Å². The molecule has 0 radical (unpaired) electrons. The molecular weight excluding hydrogens is 232 g/mol. The Labute approximate surface area is 115 Å². The van der Waals surface area contributed by atoms with Crippen LogP contribution < -0.4 is 5.32 Å².